The maximum absolute atomic E-state index is 12.1. The number of rotatable bonds is 5. The third kappa shape index (κ3) is 19.8. The number of methoxy groups -OCH3 is 1. The molecule has 0 aliphatic carbocycles. The molecule has 4 saturated heterocycles. The summed E-state index contributed by atoms with van der Waals surface area (Å²) in [5.74, 6) is 0.665. The normalized spacial score (nSPS) is 16.6. The predicted octanol–water partition coefficient (Wildman–Crippen LogP) is 9.36. The molecule has 4 N–H and O–H groups in total. The van der Waals surface area contributed by atoms with Gasteiger partial charge in [-0.1, -0.05) is 40.9 Å². The molecule has 0 unspecified atom stereocenters. The van der Waals surface area contributed by atoms with Gasteiger partial charge in [0, 0.05) is 131 Å². The third-order valence-electron chi connectivity index (χ3n) is 12.7. The first-order valence-electron chi connectivity index (χ1n) is 24.4. The molecule has 4 fully saturated rings. The number of hydrogen-bond acceptors (Lipinski definition) is 9. The third-order valence-corrected chi connectivity index (χ3v) is 14.2. The van der Waals surface area contributed by atoms with E-state index < -0.39 is 0 Å². The Balaban J connectivity index is 0.000000181. The molecule has 0 saturated carbocycles. The average Bonchev–Trinajstić information content (AvgIpc) is 3.35. The van der Waals surface area contributed by atoms with E-state index in [9.17, 15) is 19.2 Å². The van der Waals surface area contributed by atoms with Gasteiger partial charge in [-0.05, 0) is 149 Å². The number of nitrogens with zero attached hydrogens (tertiary/aromatic N) is 8. The zero-order valence-electron chi connectivity index (χ0n) is 43.4. The van der Waals surface area contributed by atoms with E-state index in [0.717, 1.165) is 133 Å². The van der Waals surface area contributed by atoms with Gasteiger partial charge in [-0.15, -0.1) is 0 Å². The monoisotopic (exact) mass is 1180 g/mol. The van der Waals surface area contributed by atoms with Crippen molar-refractivity contribution in [3.63, 3.8) is 0 Å². The highest BCUT2D eigenvalue weighted by Gasteiger charge is 2.23. The largest absolute Gasteiger partial charge is 0.497 e. The van der Waals surface area contributed by atoms with Gasteiger partial charge in [-0.25, -0.2) is 19.2 Å². The van der Waals surface area contributed by atoms with Gasteiger partial charge in [-0.3, -0.25) is 0 Å². The Labute approximate surface area is 460 Å². The number of hydrogen-bond donors (Lipinski definition) is 4. The molecule has 4 aromatic carbocycles. The highest BCUT2D eigenvalue weighted by Crippen LogP contribution is 2.28. The standard InChI is InChI=1S/C13H18ClN3O2.2C13H18ClN3O.C13H18IN3O/c1-16-5-7-17(8-6-16)13(18)15-12-9-10(19-2)3-4-11(12)14;1-10-7-11(14)9-12(8-10)15-13(18)17-5-3-16(2)4-6-17;1-10-3-4-12(11(14)9-10)15-13(18)17-7-5-16(2)6-8-17;1-10-9-11(14)3-4-12(10)15-13(18)17-7-5-16(2)6-8-17/h3-4,9H,5-8H2,1-2H3,(H,15,18);7-9H,3-6H2,1-2H3,(H,15,18);2*3-4,9H,5-8H2,1-2H3,(H,15,18). The smallest absolute Gasteiger partial charge is 0.321 e. The lowest BCUT2D eigenvalue weighted by Gasteiger charge is -2.32. The van der Waals surface area contributed by atoms with Crippen LogP contribution in [-0.4, -0.2) is 203 Å². The number of anilines is 4. The first-order chi connectivity index (χ1) is 34.8. The molecular weight excluding hydrogens is 1110 g/mol. The van der Waals surface area contributed by atoms with E-state index in [2.05, 4.69) is 90.7 Å². The van der Waals surface area contributed by atoms with Crippen LogP contribution in [0.4, 0.5) is 41.9 Å². The second-order valence-corrected chi connectivity index (χ2v) is 21.2. The topological polar surface area (TPSA) is 152 Å². The van der Waals surface area contributed by atoms with Crippen molar-refractivity contribution >= 4 is 104 Å². The van der Waals surface area contributed by atoms with Crippen LogP contribution < -0.4 is 26.0 Å². The van der Waals surface area contributed by atoms with Crippen LogP contribution in [0, 0.1) is 24.3 Å². The van der Waals surface area contributed by atoms with Gasteiger partial charge in [0.15, 0.2) is 0 Å². The van der Waals surface area contributed by atoms with E-state index in [1.165, 1.54) is 3.57 Å². The quantitative estimate of drug-likeness (QED) is 0.143. The summed E-state index contributed by atoms with van der Waals surface area (Å²) in [4.78, 5) is 64.5. The van der Waals surface area contributed by atoms with E-state index in [1.807, 2.05) is 85.0 Å². The molecule has 73 heavy (non-hydrogen) atoms. The lowest BCUT2D eigenvalue weighted by atomic mass is 10.2. The van der Waals surface area contributed by atoms with Gasteiger partial charge in [0.05, 0.1) is 28.5 Å². The molecular formula is C52H72Cl3IN12O5. The molecule has 398 valence electrons. The fourth-order valence-corrected chi connectivity index (χ4v) is 9.23. The summed E-state index contributed by atoms with van der Waals surface area (Å²) in [7, 11) is 9.84. The summed E-state index contributed by atoms with van der Waals surface area (Å²) in [6.45, 7) is 19.4. The second kappa shape index (κ2) is 29.3. The highest BCUT2D eigenvalue weighted by molar-refractivity contribution is 14.1. The van der Waals surface area contributed by atoms with Gasteiger partial charge in [0.2, 0.25) is 0 Å². The molecule has 4 aliphatic heterocycles. The average molecular weight is 1180 g/mol. The molecule has 21 heteroatoms. The van der Waals surface area contributed by atoms with Crippen molar-refractivity contribution in [2.24, 2.45) is 0 Å². The van der Waals surface area contributed by atoms with Crippen molar-refractivity contribution in [3.05, 3.63) is 108 Å². The Hall–Kier alpha value is -4.80. The number of aryl methyl sites for hydroxylation is 3. The number of benzene rings is 4. The Bertz CT molecular complexity index is 2360. The number of carbonyl (C=O) groups is 4. The van der Waals surface area contributed by atoms with Crippen molar-refractivity contribution in [1.82, 2.24) is 39.2 Å². The van der Waals surface area contributed by atoms with E-state index in [1.54, 1.807) is 36.3 Å². The molecule has 4 heterocycles. The second-order valence-electron chi connectivity index (χ2n) is 18.7. The van der Waals surface area contributed by atoms with Crippen LogP contribution in [-0.2, 0) is 0 Å². The zero-order valence-corrected chi connectivity index (χ0v) is 47.8. The Morgan fingerprint density at radius 1 is 0.452 bits per heavy atom. The zero-order chi connectivity index (χ0) is 53.2. The molecule has 8 amide bonds. The number of halogens is 4. The first kappa shape index (κ1) is 59.1. The SMILES string of the molecule is COc1ccc(Cl)c(NC(=O)N2CCN(C)CC2)c1.Cc1cc(Cl)cc(NC(=O)N2CCN(C)CC2)c1.Cc1cc(I)ccc1NC(=O)N1CCN(C)CC1.Cc1ccc(NC(=O)N2CCN(C)CC2)c(Cl)c1. The van der Waals surface area contributed by atoms with Gasteiger partial charge >= 0.3 is 24.1 Å². The molecule has 0 radical (unpaired) electrons. The van der Waals surface area contributed by atoms with E-state index in [-0.39, 0.29) is 24.1 Å². The van der Waals surface area contributed by atoms with Crippen LogP contribution in [0.2, 0.25) is 15.1 Å². The summed E-state index contributed by atoms with van der Waals surface area (Å²) >= 11 is 20.4. The first-order valence-corrected chi connectivity index (χ1v) is 26.6. The van der Waals surface area contributed by atoms with Crippen molar-refractivity contribution in [1.29, 1.82) is 0 Å². The molecule has 17 nitrogen and oxygen atoms in total. The minimum Gasteiger partial charge on any atom is -0.497 e. The highest BCUT2D eigenvalue weighted by atomic mass is 127. The van der Waals surface area contributed by atoms with Crippen LogP contribution in [0.1, 0.15) is 16.7 Å². The lowest BCUT2D eigenvalue weighted by molar-refractivity contribution is 0.164. The summed E-state index contributed by atoms with van der Waals surface area (Å²) in [6, 6.07) is 22.2. The molecule has 0 atom stereocenters. The molecule has 0 spiro atoms. The van der Waals surface area contributed by atoms with Crippen LogP contribution in [0.25, 0.3) is 0 Å². The fraction of sp³-hybridized carbons (Fsp3) is 0.462. The molecule has 4 aliphatic rings. The maximum atomic E-state index is 12.1. The summed E-state index contributed by atoms with van der Waals surface area (Å²) in [6.07, 6.45) is 0. The number of nitrogens with one attached hydrogen (secondary N) is 4. The molecule has 4 aromatic rings. The van der Waals surface area contributed by atoms with Gasteiger partial charge in [0.1, 0.15) is 5.75 Å². The summed E-state index contributed by atoms with van der Waals surface area (Å²) in [5, 5.41) is 13.3. The van der Waals surface area contributed by atoms with Crippen molar-refractivity contribution in [2.45, 2.75) is 20.8 Å². The number of piperazine rings is 4. The van der Waals surface area contributed by atoms with Crippen molar-refractivity contribution in [3.8, 4) is 5.75 Å². The molecule has 8 rings (SSSR count). The Morgan fingerprint density at radius 3 is 1.30 bits per heavy atom. The van der Waals surface area contributed by atoms with Crippen molar-refractivity contribution < 1.29 is 23.9 Å². The molecule has 0 bridgehead atoms. The number of carbonyl (C=O) groups excluding carboxylic acids is 4. The Kier molecular flexibility index (Phi) is 23.7. The van der Waals surface area contributed by atoms with Gasteiger partial charge in [-0.2, -0.15) is 0 Å². The Morgan fingerprint density at radius 2 is 0.877 bits per heavy atom. The number of ether oxygens (including phenoxy) is 1. The van der Waals surface area contributed by atoms with E-state index >= 15 is 0 Å². The van der Waals surface area contributed by atoms with Crippen molar-refractivity contribution in [2.75, 3.05) is 161 Å². The van der Waals surface area contributed by atoms with Crippen LogP contribution in [0.3, 0.4) is 0 Å². The summed E-state index contributed by atoms with van der Waals surface area (Å²) in [5.41, 5.74) is 6.12. The van der Waals surface area contributed by atoms with Crippen LogP contribution in [0.15, 0.2) is 72.8 Å². The summed E-state index contributed by atoms with van der Waals surface area (Å²) < 4.78 is 6.30. The fourth-order valence-electron chi connectivity index (χ4n) is 7.85. The minimum absolute atomic E-state index is 0.00686. The number of likely N-dealkylation sites (N-methyl/N-ethyl adjacent to an activating group) is 4. The number of amides is 8. The van der Waals surface area contributed by atoms with E-state index in [4.69, 9.17) is 39.5 Å². The van der Waals surface area contributed by atoms with E-state index in [0.29, 0.717) is 32.2 Å². The number of urea groups is 4. The van der Waals surface area contributed by atoms with Gasteiger partial charge in [0.25, 0.3) is 0 Å². The van der Waals surface area contributed by atoms with Crippen LogP contribution >= 0.6 is 57.4 Å². The minimum atomic E-state index is -0.122. The maximum Gasteiger partial charge on any atom is 0.321 e. The van der Waals surface area contributed by atoms with Crippen LogP contribution in [0.5, 0.6) is 5.75 Å². The molecule has 0 aromatic heterocycles. The van der Waals surface area contributed by atoms with Gasteiger partial charge < -0.3 is 65.2 Å². The predicted molar refractivity (Wildman–Crippen MR) is 307 cm³/mol. The lowest BCUT2D eigenvalue weighted by Crippen LogP contribution is -2.48.